The Morgan fingerprint density at radius 1 is 1.19 bits per heavy atom. The Morgan fingerprint density at radius 2 is 1.97 bits per heavy atom. The molecule has 36 heavy (non-hydrogen) atoms. The zero-order valence-electron chi connectivity index (χ0n) is 19.9. The molecule has 12 heteroatoms. The number of aryl methyl sites for hydroxylation is 1. The molecule has 5 N–H and O–H groups in total. The first-order valence-corrected chi connectivity index (χ1v) is 11.4. The van der Waals surface area contributed by atoms with Crippen molar-refractivity contribution in [3.8, 4) is 11.8 Å². The van der Waals surface area contributed by atoms with E-state index in [9.17, 15) is 19.2 Å². The topological polar surface area (TPSA) is 182 Å². The number of ether oxygens (including phenoxy) is 2. The molecule has 3 aromatic heterocycles. The zero-order chi connectivity index (χ0) is 26.1. The van der Waals surface area contributed by atoms with E-state index in [1.807, 2.05) is 0 Å². The molecule has 3 heterocycles. The van der Waals surface area contributed by atoms with Crippen molar-refractivity contribution in [3.05, 3.63) is 45.8 Å². The van der Waals surface area contributed by atoms with Crippen LogP contribution in [0.25, 0.3) is 11.0 Å². The molecule has 190 valence electrons. The van der Waals surface area contributed by atoms with E-state index in [2.05, 4.69) is 32.1 Å². The summed E-state index contributed by atoms with van der Waals surface area (Å²) in [6.07, 6.45) is 0.943. The van der Waals surface area contributed by atoms with Crippen molar-refractivity contribution in [2.75, 3.05) is 18.9 Å². The number of H-pyrrole nitrogens is 2. The van der Waals surface area contributed by atoms with Crippen LogP contribution in [0.15, 0.2) is 27.4 Å². The molecule has 0 saturated heterocycles. The third-order valence-corrected chi connectivity index (χ3v) is 4.95. The maximum Gasteiger partial charge on any atom is 0.328 e. The molecule has 3 rings (SSSR count). The van der Waals surface area contributed by atoms with Gasteiger partial charge in [-0.25, -0.2) is 4.79 Å². The van der Waals surface area contributed by atoms with Crippen LogP contribution < -0.4 is 16.6 Å². The van der Waals surface area contributed by atoms with E-state index in [0.717, 1.165) is 5.69 Å². The summed E-state index contributed by atoms with van der Waals surface area (Å²) in [7, 11) is 0. The number of rotatable bonds is 10. The summed E-state index contributed by atoms with van der Waals surface area (Å²) < 4.78 is 15.3. The van der Waals surface area contributed by atoms with Gasteiger partial charge in [0.15, 0.2) is 11.5 Å². The van der Waals surface area contributed by atoms with Crippen LogP contribution in [0.3, 0.4) is 0 Å². The maximum atomic E-state index is 12.6. The number of nitrogen functional groups attached to an aromatic ring is 1. The number of nitrogens with two attached hydrogens (primary N) is 1. The second-order valence-corrected chi connectivity index (χ2v) is 7.60. The fourth-order valence-corrected chi connectivity index (χ4v) is 3.32. The first-order valence-electron chi connectivity index (χ1n) is 11.4. The number of hydrogen-bond acceptors (Lipinski definition) is 9. The molecule has 1 amide bonds. The van der Waals surface area contributed by atoms with Crippen LogP contribution in [0, 0.1) is 11.8 Å². The standard InChI is InChI=1S/C24H27N5O7/c1-3-34-19(30)12-10-17(23(33)35-4-2)27-22(32)18-11-9-15(36-18)8-6-5-7-14-13-16-20(26-14)28-24(25)29-21(16)31/h9,11,13,17H,3-5,7,10,12H2,1-2H3,(H,27,32)(H4,25,26,28,29,31)/t17-/m0/s1. The van der Waals surface area contributed by atoms with Crippen LogP contribution in [-0.4, -0.2) is 52.1 Å². The molecule has 0 aliphatic rings. The number of fused-ring (bicyclic) bond motifs is 1. The van der Waals surface area contributed by atoms with Crippen LogP contribution in [0.2, 0.25) is 0 Å². The number of amides is 1. The van der Waals surface area contributed by atoms with Crippen molar-refractivity contribution in [1.82, 2.24) is 20.3 Å². The highest BCUT2D eigenvalue weighted by Crippen LogP contribution is 2.12. The molecule has 0 fully saturated rings. The van der Waals surface area contributed by atoms with Crippen molar-refractivity contribution in [2.45, 2.75) is 45.6 Å². The Bertz CT molecular complexity index is 1360. The molecule has 0 radical (unpaired) electrons. The van der Waals surface area contributed by atoms with Crippen molar-refractivity contribution < 1.29 is 28.3 Å². The summed E-state index contributed by atoms with van der Waals surface area (Å²) in [5, 5.41) is 2.94. The van der Waals surface area contributed by atoms with Crippen LogP contribution in [0.1, 0.15) is 55.1 Å². The zero-order valence-corrected chi connectivity index (χ0v) is 19.9. The van der Waals surface area contributed by atoms with Gasteiger partial charge in [0.25, 0.3) is 11.5 Å². The van der Waals surface area contributed by atoms with Crippen molar-refractivity contribution in [1.29, 1.82) is 0 Å². The van der Waals surface area contributed by atoms with Crippen molar-refractivity contribution >= 4 is 34.8 Å². The van der Waals surface area contributed by atoms with Crippen LogP contribution >= 0.6 is 0 Å². The van der Waals surface area contributed by atoms with Gasteiger partial charge in [-0.3, -0.25) is 19.4 Å². The predicted molar refractivity (Wildman–Crippen MR) is 129 cm³/mol. The lowest BCUT2D eigenvalue weighted by molar-refractivity contribution is -0.146. The molecule has 0 aliphatic carbocycles. The quantitative estimate of drug-likeness (QED) is 0.238. The number of nitrogens with one attached hydrogen (secondary N) is 3. The minimum absolute atomic E-state index is 0.0263. The third kappa shape index (κ3) is 6.99. The second kappa shape index (κ2) is 12.3. The summed E-state index contributed by atoms with van der Waals surface area (Å²) in [5.41, 5.74) is 6.41. The molecular formula is C24H27N5O7. The fourth-order valence-electron chi connectivity index (χ4n) is 3.32. The lowest BCUT2D eigenvalue weighted by Gasteiger charge is -2.16. The lowest BCUT2D eigenvalue weighted by atomic mass is 10.1. The number of carbonyl (C=O) groups is 3. The summed E-state index contributed by atoms with van der Waals surface area (Å²) in [6.45, 7) is 3.67. The average molecular weight is 498 g/mol. The smallest absolute Gasteiger partial charge is 0.328 e. The Morgan fingerprint density at radius 3 is 2.72 bits per heavy atom. The van der Waals surface area contributed by atoms with E-state index in [0.29, 0.717) is 23.9 Å². The van der Waals surface area contributed by atoms with Crippen LogP contribution in [0.5, 0.6) is 0 Å². The molecule has 0 aromatic carbocycles. The number of anilines is 1. The minimum Gasteiger partial charge on any atom is -0.466 e. The Hall–Kier alpha value is -4.53. The summed E-state index contributed by atoms with van der Waals surface area (Å²) in [6, 6.07) is 3.64. The lowest BCUT2D eigenvalue weighted by Crippen LogP contribution is -2.42. The normalized spacial score (nSPS) is 11.4. The fraction of sp³-hybridized carbons (Fsp3) is 0.375. The van der Waals surface area contributed by atoms with E-state index in [1.165, 1.54) is 12.1 Å². The van der Waals surface area contributed by atoms with E-state index in [4.69, 9.17) is 19.6 Å². The molecule has 0 aliphatic heterocycles. The van der Waals surface area contributed by atoms with Gasteiger partial charge in [0, 0.05) is 18.5 Å². The molecule has 0 unspecified atom stereocenters. The number of esters is 2. The van der Waals surface area contributed by atoms with Crippen LogP contribution in [-0.2, 0) is 25.5 Å². The number of furan rings is 1. The Balaban J connectivity index is 1.58. The molecule has 0 saturated carbocycles. The molecule has 1 atom stereocenters. The molecule has 0 bridgehead atoms. The summed E-state index contributed by atoms with van der Waals surface area (Å²) >= 11 is 0. The first kappa shape index (κ1) is 26.1. The number of aromatic amines is 2. The van der Waals surface area contributed by atoms with E-state index < -0.39 is 23.9 Å². The van der Waals surface area contributed by atoms with Crippen LogP contribution in [0.4, 0.5) is 5.95 Å². The molecule has 0 spiro atoms. The largest absolute Gasteiger partial charge is 0.466 e. The number of hydrogen-bond donors (Lipinski definition) is 4. The second-order valence-electron chi connectivity index (χ2n) is 7.60. The highest BCUT2D eigenvalue weighted by atomic mass is 16.5. The SMILES string of the molecule is CCOC(=O)CC[C@H](NC(=O)c1ccc(C#CCCc2cc3c(=O)[nH]c(N)nc3[nH]2)o1)C(=O)OCC. The van der Waals surface area contributed by atoms with E-state index >= 15 is 0 Å². The van der Waals surface area contributed by atoms with E-state index in [-0.39, 0.29) is 49.1 Å². The van der Waals surface area contributed by atoms with Crippen molar-refractivity contribution in [3.63, 3.8) is 0 Å². The van der Waals surface area contributed by atoms with Gasteiger partial charge in [-0.05, 0) is 50.8 Å². The van der Waals surface area contributed by atoms with E-state index in [1.54, 1.807) is 19.9 Å². The number of nitrogens with zero attached hydrogens (tertiary/aromatic N) is 1. The number of aromatic nitrogens is 3. The van der Waals surface area contributed by atoms with Gasteiger partial charge in [0.05, 0.1) is 18.6 Å². The molecule has 3 aromatic rings. The first-order chi connectivity index (χ1) is 17.3. The Kier molecular flexibility index (Phi) is 8.88. The monoisotopic (exact) mass is 497 g/mol. The van der Waals surface area contributed by atoms with Gasteiger partial charge in [0.1, 0.15) is 11.7 Å². The maximum absolute atomic E-state index is 12.6. The highest BCUT2D eigenvalue weighted by Gasteiger charge is 2.25. The predicted octanol–water partition coefficient (Wildman–Crippen LogP) is 1.42. The average Bonchev–Trinajstić information content (AvgIpc) is 3.47. The minimum atomic E-state index is -1.03. The summed E-state index contributed by atoms with van der Waals surface area (Å²) in [4.78, 5) is 57.8. The summed E-state index contributed by atoms with van der Waals surface area (Å²) in [5.74, 6) is 4.26. The van der Waals surface area contributed by atoms with Gasteiger partial charge < -0.3 is 29.9 Å². The highest BCUT2D eigenvalue weighted by molar-refractivity contribution is 5.94. The Labute approximate surface area is 205 Å². The number of carbonyl (C=O) groups excluding carboxylic acids is 3. The van der Waals surface area contributed by atoms with Gasteiger partial charge in [0.2, 0.25) is 5.95 Å². The molecular weight excluding hydrogens is 470 g/mol. The van der Waals surface area contributed by atoms with Gasteiger partial charge in [-0.1, -0.05) is 5.92 Å². The van der Waals surface area contributed by atoms with Crippen molar-refractivity contribution in [2.24, 2.45) is 0 Å². The molecule has 12 nitrogen and oxygen atoms in total. The van der Waals surface area contributed by atoms with Gasteiger partial charge in [-0.15, -0.1) is 0 Å². The van der Waals surface area contributed by atoms with Gasteiger partial charge >= 0.3 is 11.9 Å². The van der Waals surface area contributed by atoms with Gasteiger partial charge in [-0.2, -0.15) is 4.98 Å². The third-order valence-electron chi connectivity index (χ3n) is 4.95.